The van der Waals surface area contributed by atoms with E-state index in [4.69, 9.17) is 21.1 Å². The van der Waals surface area contributed by atoms with E-state index >= 15 is 0 Å². The third kappa shape index (κ3) is 12.8. The second-order valence-corrected chi connectivity index (χ2v) is 14.2. The highest BCUT2D eigenvalue weighted by atomic mass is 35.5. The Morgan fingerprint density at radius 2 is 1.60 bits per heavy atom. The first kappa shape index (κ1) is 42.1. The number of hydrogen-bond donors (Lipinski definition) is 6. The lowest BCUT2D eigenvalue weighted by molar-refractivity contribution is -0.154. The van der Waals surface area contributed by atoms with Crippen molar-refractivity contribution in [2.75, 3.05) is 36.2 Å². The average molecular weight is 813 g/mol. The van der Waals surface area contributed by atoms with Gasteiger partial charge in [-0.15, -0.1) is 0 Å². The van der Waals surface area contributed by atoms with Crippen LogP contribution in [0.15, 0.2) is 72.8 Å². The minimum atomic E-state index is -4.65. The Morgan fingerprint density at radius 3 is 2.23 bits per heavy atom. The lowest BCUT2D eigenvalue weighted by Crippen LogP contribution is -2.50. The predicted molar refractivity (Wildman–Crippen MR) is 203 cm³/mol. The number of aryl methyl sites for hydroxylation is 1. The number of rotatable bonds is 16. The third-order valence-electron chi connectivity index (χ3n) is 8.56. The van der Waals surface area contributed by atoms with Gasteiger partial charge in [-0.3, -0.25) is 14.4 Å². The summed E-state index contributed by atoms with van der Waals surface area (Å²) in [4.78, 5) is 63.2. The summed E-state index contributed by atoms with van der Waals surface area (Å²) in [6, 6.07) is 17.6. The molecule has 302 valence electrons. The molecule has 1 aliphatic rings. The van der Waals surface area contributed by atoms with E-state index in [1.165, 1.54) is 24.3 Å². The van der Waals surface area contributed by atoms with Crippen LogP contribution in [0.25, 0.3) is 0 Å². The highest BCUT2D eigenvalue weighted by molar-refractivity contribution is 6.39. The predicted octanol–water partition coefficient (Wildman–Crippen LogP) is 5.04. The summed E-state index contributed by atoms with van der Waals surface area (Å²) in [6.07, 6.45) is -2.23. The molecule has 1 atom stereocenters. The highest BCUT2D eigenvalue weighted by Crippen LogP contribution is 2.48. The molecule has 5 rings (SSSR count). The van der Waals surface area contributed by atoms with Crippen LogP contribution < -0.4 is 31.3 Å². The van der Waals surface area contributed by atoms with Gasteiger partial charge < -0.3 is 41.2 Å². The van der Waals surface area contributed by atoms with E-state index in [1.54, 1.807) is 44.2 Å². The van der Waals surface area contributed by atoms with Crippen LogP contribution >= 0.6 is 11.6 Å². The number of carbonyl (C=O) groups excluding carboxylic acids is 4. The van der Waals surface area contributed by atoms with E-state index in [9.17, 15) is 37.5 Å². The number of benzene rings is 3. The summed E-state index contributed by atoms with van der Waals surface area (Å²) in [5.74, 6) is -3.91. The first-order chi connectivity index (χ1) is 26.9. The van der Waals surface area contributed by atoms with Gasteiger partial charge >= 0.3 is 30.0 Å². The zero-order valence-corrected chi connectivity index (χ0v) is 31.8. The number of ether oxygens (including phenoxy) is 2. The average Bonchev–Trinajstić information content (AvgIpc) is 3.94. The Hall–Kier alpha value is -6.01. The second kappa shape index (κ2) is 17.8. The van der Waals surface area contributed by atoms with Crippen LogP contribution in [-0.4, -0.2) is 81.8 Å². The third-order valence-corrected chi connectivity index (χ3v) is 8.81. The van der Waals surface area contributed by atoms with Crippen LogP contribution in [-0.2, 0) is 31.1 Å². The Labute approximate surface area is 330 Å². The van der Waals surface area contributed by atoms with Gasteiger partial charge in [-0.1, -0.05) is 35.9 Å². The molecule has 1 saturated carbocycles. The van der Waals surface area contributed by atoms with E-state index in [0.717, 1.165) is 18.2 Å². The Kier molecular flexibility index (Phi) is 13.2. The molecule has 0 unspecified atom stereocenters. The van der Waals surface area contributed by atoms with Crippen molar-refractivity contribution in [2.24, 2.45) is 0 Å². The maximum Gasteiger partial charge on any atom is 0.422 e. The van der Waals surface area contributed by atoms with Gasteiger partial charge in [0.25, 0.3) is 5.91 Å². The number of aliphatic hydroxyl groups is 1. The fourth-order valence-electron chi connectivity index (χ4n) is 5.40. The number of aromatic nitrogens is 3. The molecule has 1 aliphatic carbocycles. The molecular weight excluding hydrogens is 773 g/mol. The van der Waals surface area contributed by atoms with Crippen molar-refractivity contribution in [1.82, 2.24) is 25.6 Å². The monoisotopic (exact) mass is 812 g/mol. The maximum atomic E-state index is 13.1. The standard InChI is InChI=1S/C38H40ClF3N8O7/c1-36(2,55)16-15-22-5-4-6-27(19-22)44-31(53)30(52)43-20-28(32(54)56-3)46-29(51)23-7-13-26(14-8-23)45-33-47-34(49-35(48-33)57-21-38(40,41)42)50-37(17-18-37)24-9-11-25(39)12-10-24/h4-14,19,28,55H,15-18,20-21H2,1-3H3,(H,43,52)(H,44,53)(H,46,51)(H2,45,47,48,49,50)/t28-/m0/s1. The molecule has 19 heteroatoms. The van der Waals surface area contributed by atoms with Gasteiger partial charge in [0.15, 0.2) is 6.61 Å². The molecule has 1 fully saturated rings. The highest BCUT2D eigenvalue weighted by Gasteiger charge is 2.45. The van der Waals surface area contributed by atoms with Crippen LogP contribution in [0.5, 0.6) is 6.01 Å². The molecule has 0 aliphatic heterocycles. The van der Waals surface area contributed by atoms with Crippen molar-refractivity contribution in [3.05, 3.63) is 94.5 Å². The van der Waals surface area contributed by atoms with E-state index in [1.807, 2.05) is 18.2 Å². The number of methoxy groups -OCH3 is 1. The van der Waals surface area contributed by atoms with Crippen LogP contribution in [0.3, 0.4) is 0 Å². The van der Waals surface area contributed by atoms with Crippen molar-refractivity contribution in [2.45, 2.75) is 62.9 Å². The zero-order valence-electron chi connectivity index (χ0n) is 31.0. The van der Waals surface area contributed by atoms with Gasteiger partial charge in [0.2, 0.25) is 11.9 Å². The van der Waals surface area contributed by atoms with E-state index in [0.29, 0.717) is 42.1 Å². The van der Waals surface area contributed by atoms with E-state index in [2.05, 4.69) is 41.5 Å². The summed E-state index contributed by atoms with van der Waals surface area (Å²) in [7, 11) is 1.09. The van der Waals surface area contributed by atoms with Crippen LogP contribution in [0, 0.1) is 0 Å². The molecule has 4 aromatic rings. The lowest BCUT2D eigenvalue weighted by Gasteiger charge is -2.19. The molecule has 15 nitrogen and oxygen atoms in total. The quantitative estimate of drug-likeness (QED) is 0.0651. The molecular formula is C38H40ClF3N8O7. The van der Waals surface area contributed by atoms with Gasteiger partial charge in [0.05, 0.1) is 18.2 Å². The van der Waals surface area contributed by atoms with E-state index in [-0.39, 0.29) is 17.5 Å². The van der Waals surface area contributed by atoms with Crippen LogP contribution in [0.1, 0.15) is 54.6 Å². The minimum absolute atomic E-state index is 0.0424. The Balaban J connectivity index is 1.20. The molecule has 6 N–H and O–H groups in total. The SMILES string of the molecule is COC(=O)[C@H](CNC(=O)C(=O)Nc1cccc(CCC(C)(C)O)c1)NC(=O)c1ccc(Nc2nc(NC3(c4ccc(Cl)cc4)CC3)nc(OCC(F)(F)F)n2)cc1. The van der Waals surface area contributed by atoms with Crippen molar-refractivity contribution in [3.8, 4) is 6.01 Å². The van der Waals surface area contributed by atoms with Crippen molar-refractivity contribution >= 4 is 58.6 Å². The van der Waals surface area contributed by atoms with Crippen LogP contribution in [0.4, 0.5) is 36.4 Å². The molecule has 1 aromatic heterocycles. The van der Waals surface area contributed by atoms with Gasteiger partial charge in [0.1, 0.15) is 6.04 Å². The smallest absolute Gasteiger partial charge is 0.422 e. The number of nitrogens with one attached hydrogen (secondary N) is 5. The summed E-state index contributed by atoms with van der Waals surface area (Å²) < 4.78 is 48.5. The van der Waals surface area contributed by atoms with Crippen molar-refractivity contribution < 1.29 is 46.9 Å². The molecule has 0 bridgehead atoms. The number of amides is 3. The molecule has 0 saturated heterocycles. The van der Waals surface area contributed by atoms with Crippen molar-refractivity contribution in [1.29, 1.82) is 0 Å². The number of alkyl halides is 3. The Bertz CT molecular complexity index is 2080. The second-order valence-electron chi connectivity index (χ2n) is 13.8. The zero-order chi connectivity index (χ0) is 41.4. The van der Waals surface area contributed by atoms with Gasteiger partial charge in [0, 0.05) is 28.5 Å². The summed E-state index contributed by atoms with van der Waals surface area (Å²) in [6.45, 7) is 1.26. The normalized spacial score (nSPS) is 13.8. The number of nitrogens with zero attached hydrogens (tertiary/aromatic N) is 3. The lowest BCUT2D eigenvalue weighted by atomic mass is 9.99. The minimum Gasteiger partial charge on any atom is -0.467 e. The van der Waals surface area contributed by atoms with E-state index < -0.39 is 66.2 Å². The summed E-state index contributed by atoms with van der Waals surface area (Å²) >= 11 is 6.03. The first-order valence-corrected chi connectivity index (χ1v) is 17.9. The molecule has 3 aromatic carbocycles. The molecule has 1 heterocycles. The summed E-state index contributed by atoms with van der Waals surface area (Å²) in [5, 5.41) is 23.8. The van der Waals surface area contributed by atoms with Crippen molar-refractivity contribution in [3.63, 3.8) is 0 Å². The fraction of sp³-hybridized carbons (Fsp3) is 0.342. The number of halogens is 4. The van der Waals surface area contributed by atoms with Crippen LogP contribution in [0.2, 0.25) is 5.02 Å². The Morgan fingerprint density at radius 1 is 0.912 bits per heavy atom. The number of esters is 1. The molecule has 3 amide bonds. The van der Waals surface area contributed by atoms with Gasteiger partial charge in [-0.2, -0.15) is 28.1 Å². The largest absolute Gasteiger partial charge is 0.467 e. The number of hydrogen-bond acceptors (Lipinski definition) is 12. The maximum absolute atomic E-state index is 13.1. The number of carbonyl (C=O) groups is 4. The fourth-order valence-corrected chi connectivity index (χ4v) is 5.53. The first-order valence-electron chi connectivity index (χ1n) is 17.6. The molecule has 57 heavy (non-hydrogen) atoms. The topological polar surface area (TPSA) is 206 Å². The number of anilines is 4. The summed E-state index contributed by atoms with van der Waals surface area (Å²) in [5.41, 5.74) is 1.03. The van der Waals surface area contributed by atoms with Gasteiger partial charge in [-0.25, -0.2) is 4.79 Å². The molecule has 0 radical (unpaired) electrons. The molecule has 0 spiro atoms. The van der Waals surface area contributed by atoms with Gasteiger partial charge in [-0.05, 0) is 99.2 Å².